The molecule has 4 nitrogen and oxygen atoms in total. The molecule has 4 rings (SSSR count). The Labute approximate surface area is 116 Å². The molecule has 2 aromatic heterocycles. The molecular weight excluding hydrogens is 250 g/mol. The lowest BCUT2D eigenvalue weighted by Crippen LogP contribution is -2.23. The van der Waals surface area contributed by atoms with Gasteiger partial charge in [0.25, 0.3) is 0 Å². The summed E-state index contributed by atoms with van der Waals surface area (Å²) in [7, 11) is 0. The predicted molar refractivity (Wildman–Crippen MR) is 77.5 cm³/mol. The van der Waals surface area contributed by atoms with Crippen molar-refractivity contribution in [3.63, 3.8) is 0 Å². The van der Waals surface area contributed by atoms with Crippen LogP contribution >= 0.6 is 0 Å². The summed E-state index contributed by atoms with van der Waals surface area (Å²) in [6, 6.07) is 12.1. The first kappa shape index (κ1) is 11.4. The zero-order valence-corrected chi connectivity index (χ0v) is 10.8. The minimum absolute atomic E-state index is 0.0873. The molecule has 0 saturated heterocycles. The van der Waals surface area contributed by atoms with Crippen LogP contribution in [0.5, 0.6) is 0 Å². The fourth-order valence-corrected chi connectivity index (χ4v) is 2.78. The van der Waals surface area contributed by atoms with Gasteiger partial charge in [-0.15, -0.1) is 0 Å². The zero-order valence-electron chi connectivity index (χ0n) is 10.8. The number of hydrogen-bond donors (Lipinski definition) is 1. The maximum absolute atomic E-state index is 12.0. The van der Waals surface area contributed by atoms with E-state index >= 15 is 0 Å². The number of carbonyl (C=O) groups is 1. The average Bonchev–Trinajstić information content (AvgIpc) is 2.84. The van der Waals surface area contributed by atoms with E-state index in [0.717, 1.165) is 27.7 Å². The van der Waals surface area contributed by atoms with Crippen LogP contribution in [-0.2, 0) is 6.54 Å². The molecule has 20 heavy (non-hydrogen) atoms. The molecule has 0 unspecified atom stereocenters. The van der Waals surface area contributed by atoms with Gasteiger partial charge in [0.05, 0.1) is 17.8 Å². The van der Waals surface area contributed by atoms with E-state index in [1.807, 2.05) is 30.5 Å². The van der Waals surface area contributed by atoms with E-state index in [2.05, 4.69) is 22.4 Å². The maximum atomic E-state index is 12.0. The van der Waals surface area contributed by atoms with Gasteiger partial charge in [-0.3, -0.25) is 14.3 Å². The van der Waals surface area contributed by atoms with Crippen molar-refractivity contribution in [1.82, 2.24) is 14.9 Å². The van der Waals surface area contributed by atoms with Crippen LogP contribution in [0, 0.1) is 0 Å². The fraction of sp³-hybridized carbons (Fsp3) is 0.125. The van der Waals surface area contributed by atoms with Crippen molar-refractivity contribution in [3.05, 3.63) is 54.4 Å². The first-order valence-electron chi connectivity index (χ1n) is 6.62. The summed E-state index contributed by atoms with van der Waals surface area (Å²) in [6.45, 7) is 1.07. The molecule has 1 N–H and O–H groups in total. The summed E-state index contributed by atoms with van der Waals surface area (Å²) < 4.78 is 1.74. The lowest BCUT2D eigenvalue weighted by atomic mass is 10.0. The van der Waals surface area contributed by atoms with Gasteiger partial charge < -0.3 is 5.32 Å². The third-order valence-electron chi connectivity index (χ3n) is 3.68. The molecule has 0 saturated carbocycles. The van der Waals surface area contributed by atoms with Crippen LogP contribution in [0.25, 0.3) is 22.2 Å². The van der Waals surface area contributed by atoms with Crippen molar-refractivity contribution in [2.75, 3.05) is 6.54 Å². The van der Waals surface area contributed by atoms with Gasteiger partial charge in [-0.05, 0) is 35.9 Å². The number of nitrogens with zero attached hydrogens (tertiary/aromatic N) is 2. The van der Waals surface area contributed by atoms with Gasteiger partial charge in [-0.2, -0.15) is 0 Å². The van der Waals surface area contributed by atoms with Crippen molar-refractivity contribution in [1.29, 1.82) is 0 Å². The second-order valence-electron chi connectivity index (χ2n) is 4.97. The molecule has 0 radical (unpaired) electrons. The number of nitrogens with one attached hydrogen (secondary N) is 1. The van der Waals surface area contributed by atoms with Crippen molar-refractivity contribution in [2.24, 2.45) is 0 Å². The molecule has 1 aromatic carbocycles. The minimum Gasteiger partial charge on any atom is -0.304 e. The highest BCUT2D eigenvalue weighted by Gasteiger charge is 2.17. The topological polar surface area (TPSA) is 46.9 Å². The molecule has 0 aliphatic carbocycles. The van der Waals surface area contributed by atoms with Crippen molar-refractivity contribution >= 4 is 16.8 Å². The fourth-order valence-electron chi connectivity index (χ4n) is 2.78. The minimum atomic E-state index is 0.0873. The summed E-state index contributed by atoms with van der Waals surface area (Å²) in [5.74, 6) is 0.0873. The smallest absolute Gasteiger partial charge is 0.245 e. The molecule has 0 atom stereocenters. The molecule has 0 fully saturated rings. The summed E-state index contributed by atoms with van der Waals surface area (Å²) in [6.07, 6.45) is 3.65. The van der Waals surface area contributed by atoms with Crippen LogP contribution in [0.15, 0.2) is 48.8 Å². The van der Waals surface area contributed by atoms with Crippen LogP contribution in [0.1, 0.15) is 10.4 Å². The van der Waals surface area contributed by atoms with Crippen LogP contribution in [0.2, 0.25) is 0 Å². The van der Waals surface area contributed by atoms with Crippen molar-refractivity contribution in [2.45, 2.75) is 6.54 Å². The molecule has 1 aliphatic heterocycles. The Morgan fingerprint density at radius 3 is 2.95 bits per heavy atom. The van der Waals surface area contributed by atoms with Gasteiger partial charge in [-0.25, -0.2) is 0 Å². The van der Waals surface area contributed by atoms with Crippen LogP contribution < -0.4 is 5.32 Å². The lowest BCUT2D eigenvalue weighted by Gasteiger charge is -2.07. The van der Waals surface area contributed by atoms with Gasteiger partial charge in [-0.1, -0.05) is 6.07 Å². The van der Waals surface area contributed by atoms with E-state index in [1.165, 1.54) is 0 Å². The first-order chi connectivity index (χ1) is 9.83. The monoisotopic (exact) mass is 263 g/mol. The van der Waals surface area contributed by atoms with Gasteiger partial charge in [0.15, 0.2) is 0 Å². The van der Waals surface area contributed by atoms with E-state index in [-0.39, 0.29) is 5.91 Å². The molecule has 0 amide bonds. The van der Waals surface area contributed by atoms with Gasteiger partial charge >= 0.3 is 0 Å². The SMILES string of the molecule is O=C1CNCc2cc(-c3ccccn3)cc3ccn1c23. The van der Waals surface area contributed by atoms with Gasteiger partial charge in [0.1, 0.15) is 0 Å². The average molecular weight is 263 g/mol. The second kappa shape index (κ2) is 4.28. The molecule has 0 spiro atoms. The number of carbonyl (C=O) groups excluding carboxylic acids is 1. The number of aromatic nitrogens is 2. The standard InChI is InChI=1S/C16H13N3O/c20-15-10-17-9-13-8-12(14-3-1-2-5-18-14)7-11-4-6-19(15)16(11)13/h1-8,17H,9-10H2. The quantitative estimate of drug-likeness (QED) is 0.733. The highest BCUT2D eigenvalue weighted by molar-refractivity contribution is 5.97. The van der Waals surface area contributed by atoms with E-state index in [0.29, 0.717) is 13.1 Å². The Morgan fingerprint density at radius 1 is 1.15 bits per heavy atom. The molecule has 4 heteroatoms. The van der Waals surface area contributed by atoms with Crippen molar-refractivity contribution in [3.8, 4) is 11.3 Å². The summed E-state index contributed by atoms with van der Waals surface area (Å²) in [5, 5.41) is 4.26. The van der Waals surface area contributed by atoms with Crippen molar-refractivity contribution < 1.29 is 4.79 Å². The van der Waals surface area contributed by atoms with Crippen LogP contribution in [0.3, 0.4) is 0 Å². The highest BCUT2D eigenvalue weighted by atomic mass is 16.2. The molecule has 3 heterocycles. The van der Waals surface area contributed by atoms with Gasteiger partial charge in [0, 0.05) is 29.9 Å². The number of benzene rings is 1. The summed E-state index contributed by atoms with van der Waals surface area (Å²) in [4.78, 5) is 16.4. The summed E-state index contributed by atoms with van der Waals surface area (Å²) >= 11 is 0. The Hall–Kier alpha value is -2.46. The van der Waals surface area contributed by atoms with E-state index in [1.54, 1.807) is 10.8 Å². The normalized spacial score (nSPS) is 14.5. The summed E-state index contributed by atoms with van der Waals surface area (Å²) in [5.41, 5.74) is 4.19. The molecule has 0 bridgehead atoms. The Morgan fingerprint density at radius 2 is 2.10 bits per heavy atom. The van der Waals surface area contributed by atoms with E-state index in [4.69, 9.17) is 0 Å². The second-order valence-corrected chi connectivity index (χ2v) is 4.97. The zero-order chi connectivity index (χ0) is 13.5. The third kappa shape index (κ3) is 1.66. The molecule has 3 aromatic rings. The Balaban J connectivity index is 1.99. The van der Waals surface area contributed by atoms with Crippen LogP contribution in [-0.4, -0.2) is 22.0 Å². The van der Waals surface area contributed by atoms with Crippen LogP contribution in [0.4, 0.5) is 0 Å². The highest BCUT2D eigenvalue weighted by Crippen LogP contribution is 2.28. The van der Waals surface area contributed by atoms with Gasteiger partial charge in [0.2, 0.25) is 5.91 Å². The Kier molecular flexibility index (Phi) is 2.44. The third-order valence-corrected chi connectivity index (χ3v) is 3.68. The number of hydrogen-bond acceptors (Lipinski definition) is 3. The molecule has 1 aliphatic rings. The maximum Gasteiger partial charge on any atom is 0.245 e. The van der Waals surface area contributed by atoms with E-state index < -0.39 is 0 Å². The Bertz CT molecular complexity index is 805. The number of rotatable bonds is 1. The number of pyridine rings is 1. The lowest BCUT2D eigenvalue weighted by molar-refractivity contribution is 0.0920. The largest absolute Gasteiger partial charge is 0.304 e. The first-order valence-corrected chi connectivity index (χ1v) is 6.62. The molecule has 98 valence electrons. The van der Waals surface area contributed by atoms with E-state index in [9.17, 15) is 4.79 Å². The molecular formula is C16H13N3O. The predicted octanol–water partition coefficient (Wildman–Crippen LogP) is 2.45.